The van der Waals surface area contributed by atoms with Crippen LogP contribution in [0.2, 0.25) is 13.3 Å². The Labute approximate surface area is 201 Å². The molecule has 1 heterocycles. The topological polar surface area (TPSA) is 41.6 Å². The molecule has 1 unspecified atom stereocenters. The molecule has 32 heavy (non-hydrogen) atoms. The van der Waals surface area contributed by atoms with E-state index in [4.69, 9.17) is 4.74 Å². The molecule has 0 spiro atoms. The van der Waals surface area contributed by atoms with Gasteiger partial charge in [-0.1, -0.05) is 0 Å². The summed E-state index contributed by atoms with van der Waals surface area (Å²) >= 11 is -2.59. The van der Waals surface area contributed by atoms with Gasteiger partial charge in [-0.15, -0.1) is 0 Å². The Morgan fingerprint density at radius 3 is 2.22 bits per heavy atom. The van der Waals surface area contributed by atoms with E-state index in [2.05, 4.69) is 56.1 Å². The maximum atomic E-state index is 13.3. The molecule has 1 atom stereocenters. The summed E-state index contributed by atoms with van der Waals surface area (Å²) in [5.41, 5.74) is 0.747. The predicted molar refractivity (Wildman–Crippen MR) is 140 cm³/mol. The molecule has 1 amide bonds. The molecule has 0 saturated carbocycles. The quantitative estimate of drug-likeness (QED) is 0.274. The molecular formula is C27H48N2O2Sn. The molecule has 0 aliphatic carbocycles. The van der Waals surface area contributed by atoms with Gasteiger partial charge in [-0.05, 0) is 0 Å². The van der Waals surface area contributed by atoms with Gasteiger partial charge >= 0.3 is 202 Å². The van der Waals surface area contributed by atoms with Crippen molar-refractivity contribution in [3.63, 3.8) is 0 Å². The van der Waals surface area contributed by atoms with Crippen molar-refractivity contribution in [2.75, 3.05) is 26.7 Å². The fraction of sp³-hybridized carbons (Fsp3) is 0.741. The van der Waals surface area contributed by atoms with Crippen LogP contribution in [0.5, 0.6) is 5.75 Å². The second kappa shape index (κ2) is 14.5. The number of likely N-dealkylation sites (N-methyl/N-ethyl adjacent to an activating group) is 1. The van der Waals surface area contributed by atoms with Gasteiger partial charge in [0.1, 0.15) is 0 Å². The van der Waals surface area contributed by atoms with E-state index in [0.29, 0.717) is 11.8 Å². The van der Waals surface area contributed by atoms with E-state index in [-0.39, 0.29) is 5.91 Å². The van der Waals surface area contributed by atoms with Crippen LogP contribution in [-0.4, -0.2) is 62.0 Å². The van der Waals surface area contributed by atoms with Crippen molar-refractivity contribution in [3.8, 4) is 5.75 Å². The van der Waals surface area contributed by atoms with Crippen LogP contribution in [0.3, 0.4) is 0 Å². The van der Waals surface area contributed by atoms with Crippen LogP contribution in [0.15, 0.2) is 18.2 Å². The van der Waals surface area contributed by atoms with Gasteiger partial charge in [0, 0.05) is 0 Å². The summed E-state index contributed by atoms with van der Waals surface area (Å²) in [5.74, 6) is 0.750. The number of carbonyl (C=O) groups excluding carboxylic acids is 1. The second-order valence-corrected chi connectivity index (χ2v) is 22.9. The monoisotopic (exact) mass is 552 g/mol. The van der Waals surface area contributed by atoms with Crippen LogP contribution in [0.25, 0.3) is 0 Å². The van der Waals surface area contributed by atoms with Gasteiger partial charge in [0.25, 0.3) is 0 Å². The minimum atomic E-state index is -2.59. The third-order valence-electron chi connectivity index (χ3n) is 7.49. The second-order valence-electron chi connectivity index (χ2n) is 9.64. The number of unbranched alkanes of at least 4 members (excludes halogenated alkanes) is 3. The minimum absolute atomic E-state index is 0.0355. The molecule has 182 valence electrons. The normalized spacial score (nSPS) is 17.0. The van der Waals surface area contributed by atoms with E-state index in [1.165, 1.54) is 68.3 Å². The molecule has 0 radical (unpaired) electrons. The number of likely N-dealkylation sites (tertiary alicyclic amines) is 1. The molecular weight excluding hydrogens is 503 g/mol. The zero-order valence-corrected chi connectivity index (χ0v) is 24.3. The van der Waals surface area contributed by atoms with Crippen molar-refractivity contribution < 1.29 is 9.53 Å². The number of rotatable bonds is 15. The van der Waals surface area contributed by atoms with Crippen molar-refractivity contribution in [2.24, 2.45) is 0 Å². The molecule has 1 aliphatic heterocycles. The molecule has 1 aliphatic rings. The van der Waals surface area contributed by atoms with Crippen molar-refractivity contribution in [1.29, 1.82) is 0 Å². The van der Waals surface area contributed by atoms with Crippen LogP contribution >= 0.6 is 0 Å². The Kier molecular flexibility index (Phi) is 12.5. The zero-order chi connectivity index (χ0) is 23.4. The molecule has 1 N–H and O–H groups in total. The molecule has 5 heteroatoms. The first kappa shape index (κ1) is 27.5. The van der Waals surface area contributed by atoms with Crippen LogP contribution in [-0.2, 0) is 0 Å². The number of methoxy groups -OCH3 is 1. The summed E-state index contributed by atoms with van der Waals surface area (Å²) < 4.78 is 11.4. The Morgan fingerprint density at radius 2 is 1.69 bits per heavy atom. The van der Waals surface area contributed by atoms with Gasteiger partial charge in [-0.2, -0.15) is 0 Å². The Hall–Kier alpha value is -0.751. The third-order valence-corrected chi connectivity index (χ3v) is 23.1. The molecule has 4 nitrogen and oxygen atoms in total. The van der Waals surface area contributed by atoms with Gasteiger partial charge < -0.3 is 0 Å². The van der Waals surface area contributed by atoms with Gasteiger partial charge in [0.15, 0.2) is 0 Å². The van der Waals surface area contributed by atoms with Crippen LogP contribution < -0.4 is 13.6 Å². The average Bonchev–Trinajstić information content (AvgIpc) is 3.29. The summed E-state index contributed by atoms with van der Waals surface area (Å²) in [4.78, 5) is 15.8. The number of hydrogen-bond donors (Lipinski definition) is 1. The fourth-order valence-electron chi connectivity index (χ4n) is 5.42. The Balaban J connectivity index is 2.31. The summed E-state index contributed by atoms with van der Waals surface area (Å²) in [5, 5.41) is 3.25. The molecule has 0 aromatic heterocycles. The number of amides is 1. The molecule has 0 bridgehead atoms. The first-order valence-electron chi connectivity index (χ1n) is 13.3. The third kappa shape index (κ3) is 7.38. The van der Waals surface area contributed by atoms with Crippen LogP contribution in [0, 0.1) is 0 Å². The number of hydrogen-bond acceptors (Lipinski definition) is 3. The maximum absolute atomic E-state index is 13.3. The fourth-order valence-corrected chi connectivity index (χ4v) is 21.4. The van der Waals surface area contributed by atoms with Crippen molar-refractivity contribution in [1.82, 2.24) is 10.2 Å². The van der Waals surface area contributed by atoms with Crippen molar-refractivity contribution in [3.05, 3.63) is 23.8 Å². The van der Waals surface area contributed by atoms with Gasteiger partial charge in [0.2, 0.25) is 0 Å². The number of nitrogens with one attached hydrogen (secondary N) is 1. The molecule has 1 saturated heterocycles. The first-order valence-corrected chi connectivity index (χ1v) is 20.7. The van der Waals surface area contributed by atoms with E-state index in [0.717, 1.165) is 25.2 Å². The molecule has 2 rings (SSSR count). The van der Waals surface area contributed by atoms with E-state index < -0.39 is 18.4 Å². The first-order chi connectivity index (χ1) is 15.5. The Morgan fingerprint density at radius 1 is 1.06 bits per heavy atom. The van der Waals surface area contributed by atoms with E-state index in [9.17, 15) is 4.79 Å². The average molecular weight is 551 g/mol. The zero-order valence-electron chi connectivity index (χ0n) is 21.5. The molecule has 1 fully saturated rings. The summed E-state index contributed by atoms with van der Waals surface area (Å²) in [6.07, 6.45) is 10.2. The predicted octanol–water partition coefficient (Wildman–Crippen LogP) is 5.97. The van der Waals surface area contributed by atoms with Gasteiger partial charge in [-0.3, -0.25) is 0 Å². The molecule has 1 aromatic carbocycles. The van der Waals surface area contributed by atoms with Crippen LogP contribution in [0.1, 0.15) is 89.4 Å². The Bertz CT molecular complexity index is 672. The molecule has 1 aromatic rings. The van der Waals surface area contributed by atoms with E-state index in [1.54, 1.807) is 7.11 Å². The van der Waals surface area contributed by atoms with Gasteiger partial charge in [0.05, 0.1) is 0 Å². The van der Waals surface area contributed by atoms with Gasteiger partial charge in [-0.25, -0.2) is 0 Å². The standard InChI is InChI=1S/C15H21N2O2.3C4H9.Sn/c1-3-17-10-6-7-12(17)11-16-15(18)13-8-4-5-9-14(13)19-2;3*1-3-4-2;/h5,8-9,12H,3,6-7,10-11H2,1-2H3,(H,16,18);3*1,3-4H2,2H3;. The van der Waals surface area contributed by atoms with E-state index in [1.807, 2.05) is 0 Å². The SMILES string of the molecule is CCC[CH2][Sn]([CH2]CCC)([CH2]CCC)[c]1ccc(OC)c(C(=O)NCC2CCCN2CC)c1. The number of nitrogens with zero attached hydrogens (tertiary/aromatic N) is 1. The summed E-state index contributed by atoms with van der Waals surface area (Å²) in [7, 11) is 1.68. The van der Waals surface area contributed by atoms with Crippen molar-refractivity contribution >= 4 is 27.9 Å². The van der Waals surface area contributed by atoms with Crippen molar-refractivity contribution in [2.45, 2.75) is 98.4 Å². The number of ether oxygens (including phenoxy) is 1. The van der Waals surface area contributed by atoms with Crippen LogP contribution in [0.4, 0.5) is 0 Å². The van der Waals surface area contributed by atoms with E-state index >= 15 is 0 Å². The summed E-state index contributed by atoms with van der Waals surface area (Å²) in [6.45, 7) is 12.1. The number of carbonyl (C=O) groups is 1. The number of benzene rings is 1. The summed E-state index contributed by atoms with van der Waals surface area (Å²) in [6, 6.07) is 7.11.